The van der Waals surface area contributed by atoms with Crippen LogP contribution in [0.3, 0.4) is 0 Å². The Kier molecular flexibility index (Phi) is 4.42. The second kappa shape index (κ2) is 6.11. The predicted octanol–water partition coefficient (Wildman–Crippen LogP) is 4.50. The summed E-state index contributed by atoms with van der Waals surface area (Å²) in [6.45, 7) is 5.86. The van der Waals surface area contributed by atoms with Crippen molar-refractivity contribution in [3.05, 3.63) is 34.9 Å². The molecule has 1 saturated heterocycles. The summed E-state index contributed by atoms with van der Waals surface area (Å²) in [6.07, 6.45) is 8.05. The Hall–Kier alpha value is -0.470. The molecule has 1 aliphatic heterocycles. The normalized spacial score (nSPS) is 27.3. The molecule has 1 aromatic carbocycles. The molecular weight excluding hydrogens is 262 g/mol. The van der Waals surface area contributed by atoms with Gasteiger partial charge >= 0.3 is 0 Å². The molecule has 3 rings (SSSR count). The molecule has 1 fully saturated rings. The molecule has 1 aliphatic carbocycles. The van der Waals surface area contributed by atoms with Gasteiger partial charge in [-0.05, 0) is 74.8 Å². The summed E-state index contributed by atoms with van der Waals surface area (Å²) in [5.74, 6) is 1.34. The van der Waals surface area contributed by atoms with Crippen molar-refractivity contribution in [2.24, 2.45) is 0 Å². The van der Waals surface area contributed by atoms with Crippen LogP contribution in [0.4, 0.5) is 0 Å². The quantitative estimate of drug-likeness (QED) is 0.875. The monoisotopic (exact) mass is 289 g/mol. The lowest BCUT2D eigenvalue weighted by Gasteiger charge is -2.26. The Balaban J connectivity index is 1.63. The van der Waals surface area contributed by atoms with Gasteiger partial charge in [0.05, 0.1) is 0 Å². The van der Waals surface area contributed by atoms with Crippen molar-refractivity contribution < 1.29 is 0 Å². The minimum atomic E-state index is 0.461. The average Bonchev–Trinajstić information content (AvgIpc) is 2.91. The van der Waals surface area contributed by atoms with Crippen LogP contribution in [0.15, 0.2) is 18.2 Å². The maximum atomic E-state index is 3.77. The van der Waals surface area contributed by atoms with Crippen LogP contribution in [-0.2, 0) is 12.8 Å². The van der Waals surface area contributed by atoms with E-state index in [1.165, 1.54) is 49.8 Å². The molecular formula is C18H27NS. The van der Waals surface area contributed by atoms with Crippen molar-refractivity contribution >= 4 is 11.8 Å². The van der Waals surface area contributed by atoms with Gasteiger partial charge in [0.2, 0.25) is 0 Å². The number of thioether (sulfide) groups is 1. The first-order valence-electron chi connectivity index (χ1n) is 8.15. The smallest absolute Gasteiger partial charge is 0.0292 e. The molecule has 1 heterocycles. The maximum absolute atomic E-state index is 3.77. The second-order valence-electron chi connectivity index (χ2n) is 6.74. The second-order valence-corrected chi connectivity index (χ2v) is 8.42. The first-order valence-corrected chi connectivity index (χ1v) is 9.14. The lowest BCUT2D eigenvalue weighted by Crippen LogP contribution is -2.34. The highest BCUT2D eigenvalue weighted by molar-refractivity contribution is 8.00. The van der Waals surface area contributed by atoms with E-state index in [1.807, 2.05) is 0 Å². The highest BCUT2D eigenvalue weighted by atomic mass is 32.2. The van der Waals surface area contributed by atoms with Crippen LogP contribution >= 0.6 is 11.8 Å². The van der Waals surface area contributed by atoms with Crippen molar-refractivity contribution in [3.63, 3.8) is 0 Å². The average molecular weight is 289 g/mol. The molecule has 2 aliphatic rings. The number of nitrogens with one attached hydrogen (secondary N) is 1. The highest BCUT2D eigenvalue weighted by Crippen LogP contribution is 2.37. The van der Waals surface area contributed by atoms with Gasteiger partial charge in [-0.1, -0.05) is 18.2 Å². The van der Waals surface area contributed by atoms with E-state index in [1.54, 1.807) is 11.1 Å². The molecule has 2 heteroatoms. The van der Waals surface area contributed by atoms with Gasteiger partial charge < -0.3 is 5.32 Å². The Morgan fingerprint density at radius 3 is 2.75 bits per heavy atom. The molecule has 2 unspecified atom stereocenters. The first-order chi connectivity index (χ1) is 9.66. The molecule has 20 heavy (non-hydrogen) atoms. The third-order valence-electron chi connectivity index (χ3n) is 4.96. The third kappa shape index (κ3) is 3.23. The van der Waals surface area contributed by atoms with Gasteiger partial charge in [0.15, 0.2) is 0 Å². The van der Waals surface area contributed by atoms with Crippen molar-refractivity contribution in [2.45, 2.75) is 63.2 Å². The van der Waals surface area contributed by atoms with Gasteiger partial charge in [-0.2, -0.15) is 11.8 Å². The van der Waals surface area contributed by atoms with Gasteiger partial charge in [0, 0.05) is 17.3 Å². The Bertz CT molecular complexity index is 462. The van der Waals surface area contributed by atoms with Gasteiger partial charge in [-0.25, -0.2) is 0 Å². The zero-order valence-electron chi connectivity index (χ0n) is 12.9. The van der Waals surface area contributed by atoms with Crippen molar-refractivity contribution in [3.8, 4) is 0 Å². The number of rotatable bonds is 4. The molecule has 2 atom stereocenters. The Morgan fingerprint density at radius 2 is 2.00 bits per heavy atom. The van der Waals surface area contributed by atoms with Crippen LogP contribution in [0.25, 0.3) is 0 Å². The highest BCUT2D eigenvalue weighted by Gasteiger charge is 2.29. The van der Waals surface area contributed by atoms with Gasteiger partial charge in [0.1, 0.15) is 0 Å². The van der Waals surface area contributed by atoms with Gasteiger partial charge in [-0.3, -0.25) is 0 Å². The molecule has 0 aromatic heterocycles. The molecule has 0 amide bonds. The zero-order chi connectivity index (χ0) is 14.0. The molecule has 1 aromatic rings. The van der Waals surface area contributed by atoms with Crippen LogP contribution in [0.5, 0.6) is 0 Å². The standard InChI is InChI=1S/C18H27NS/c1-14(19-13-18(2)10-5-11-20-18)16-9-8-15-6-3-4-7-17(15)12-16/h8-9,12,14,19H,3-7,10-11,13H2,1-2H3. The van der Waals surface area contributed by atoms with Crippen LogP contribution in [-0.4, -0.2) is 17.0 Å². The van der Waals surface area contributed by atoms with Crippen molar-refractivity contribution in [1.82, 2.24) is 5.32 Å². The van der Waals surface area contributed by atoms with Gasteiger partial charge in [0.25, 0.3) is 0 Å². The van der Waals surface area contributed by atoms with E-state index in [-0.39, 0.29) is 0 Å². The summed E-state index contributed by atoms with van der Waals surface area (Å²) in [4.78, 5) is 0. The summed E-state index contributed by atoms with van der Waals surface area (Å²) in [5, 5.41) is 3.77. The number of fused-ring (bicyclic) bond motifs is 1. The predicted molar refractivity (Wildman–Crippen MR) is 89.6 cm³/mol. The van der Waals surface area contributed by atoms with Crippen LogP contribution in [0.1, 0.15) is 62.3 Å². The molecule has 1 nitrogen and oxygen atoms in total. The van der Waals surface area contributed by atoms with E-state index in [0.29, 0.717) is 10.8 Å². The first kappa shape index (κ1) is 14.5. The maximum Gasteiger partial charge on any atom is 0.0292 e. The minimum absolute atomic E-state index is 0.461. The van der Waals surface area contributed by atoms with Crippen LogP contribution in [0.2, 0.25) is 0 Å². The van der Waals surface area contributed by atoms with Gasteiger partial charge in [-0.15, -0.1) is 0 Å². The van der Waals surface area contributed by atoms with Crippen molar-refractivity contribution in [2.75, 3.05) is 12.3 Å². The lowest BCUT2D eigenvalue weighted by molar-refractivity contribution is 0.490. The molecule has 110 valence electrons. The Labute approximate surface area is 127 Å². The fraction of sp³-hybridized carbons (Fsp3) is 0.667. The number of benzene rings is 1. The Morgan fingerprint density at radius 1 is 1.20 bits per heavy atom. The van der Waals surface area contributed by atoms with Crippen LogP contribution < -0.4 is 5.32 Å². The van der Waals surface area contributed by atoms with Crippen molar-refractivity contribution in [1.29, 1.82) is 0 Å². The largest absolute Gasteiger partial charge is 0.309 e. The molecule has 0 bridgehead atoms. The lowest BCUT2D eigenvalue weighted by atomic mass is 9.89. The summed E-state index contributed by atoms with van der Waals surface area (Å²) >= 11 is 2.14. The van der Waals surface area contributed by atoms with E-state index >= 15 is 0 Å². The van der Waals surface area contributed by atoms with E-state index in [2.05, 4.69) is 49.1 Å². The fourth-order valence-corrected chi connectivity index (χ4v) is 4.74. The van der Waals surface area contributed by atoms with E-state index in [9.17, 15) is 0 Å². The number of hydrogen-bond donors (Lipinski definition) is 1. The summed E-state index contributed by atoms with van der Waals surface area (Å²) in [5.41, 5.74) is 4.66. The molecule has 1 N–H and O–H groups in total. The van der Waals surface area contributed by atoms with E-state index in [0.717, 1.165) is 6.54 Å². The molecule has 0 spiro atoms. The summed E-state index contributed by atoms with van der Waals surface area (Å²) in [6, 6.07) is 7.64. The number of aryl methyl sites for hydroxylation is 2. The summed E-state index contributed by atoms with van der Waals surface area (Å²) < 4.78 is 0.461. The SMILES string of the molecule is CC(NCC1(C)CCCS1)c1ccc2c(c1)CCCC2. The topological polar surface area (TPSA) is 12.0 Å². The van der Waals surface area contributed by atoms with E-state index in [4.69, 9.17) is 0 Å². The molecule has 0 saturated carbocycles. The van der Waals surface area contributed by atoms with E-state index < -0.39 is 0 Å². The zero-order valence-corrected chi connectivity index (χ0v) is 13.7. The summed E-state index contributed by atoms with van der Waals surface area (Å²) in [7, 11) is 0. The number of hydrogen-bond acceptors (Lipinski definition) is 2. The minimum Gasteiger partial charge on any atom is -0.309 e. The molecule has 0 radical (unpaired) electrons. The fourth-order valence-electron chi connectivity index (χ4n) is 3.49. The van der Waals surface area contributed by atoms with Crippen LogP contribution in [0, 0.1) is 0 Å². The third-order valence-corrected chi connectivity index (χ3v) is 6.49.